The topological polar surface area (TPSA) is 62.8 Å². The third-order valence-electron chi connectivity index (χ3n) is 5.45. The predicted molar refractivity (Wildman–Crippen MR) is 109 cm³/mol. The molecule has 2 aromatic heterocycles. The van der Waals surface area contributed by atoms with E-state index in [2.05, 4.69) is 22.4 Å². The molecule has 2 heterocycles. The molecule has 5 rings (SSSR count). The molecule has 4 aromatic rings. The van der Waals surface area contributed by atoms with Crippen molar-refractivity contribution < 1.29 is 4.74 Å². The lowest BCUT2D eigenvalue weighted by molar-refractivity contribution is 0.415. The standard InChI is InChI=1S/C22H22N4O/c1-27-16-12-10-15(11-13-16)23-22-20-19(17-8-4-5-9-18(17)24-22)25-21(26-20)14-6-2-3-7-14/h4-5,8-14H,2-3,6-7H2,1H3,(H,23,24)(H,25,26). The molecule has 0 saturated heterocycles. The second kappa shape index (κ2) is 6.58. The molecule has 0 atom stereocenters. The van der Waals surface area contributed by atoms with E-state index in [0.717, 1.165) is 45.0 Å². The van der Waals surface area contributed by atoms with Gasteiger partial charge in [-0.3, -0.25) is 0 Å². The second-order valence-corrected chi connectivity index (χ2v) is 7.16. The number of para-hydroxylation sites is 1. The number of aromatic nitrogens is 3. The van der Waals surface area contributed by atoms with E-state index in [1.807, 2.05) is 36.4 Å². The van der Waals surface area contributed by atoms with Gasteiger partial charge in [0.1, 0.15) is 17.1 Å². The van der Waals surface area contributed by atoms with Crippen LogP contribution in [0.4, 0.5) is 11.5 Å². The number of aromatic amines is 1. The minimum absolute atomic E-state index is 0.532. The van der Waals surface area contributed by atoms with Gasteiger partial charge in [0.25, 0.3) is 0 Å². The minimum Gasteiger partial charge on any atom is -0.497 e. The van der Waals surface area contributed by atoms with Gasteiger partial charge in [0.05, 0.1) is 18.1 Å². The Morgan fingerprint density at radius 3 is 2.56 bits per heavy atom. The second-order valence-electron chi connectivity index (χ2n) is 7.16. The number of rotatable bonds is 4. The molecule has 0 spiro atoms. The SMILES string of the molecule is COc1ccc(Nc2nc3ccccc3c3[nH]c(C4CCCC4)nc23)cc1. The molecule has 0 amide bonds. The van der Waals surface area contributed by atoms with E-state index in [9.17, 15) is 0 Å². The number of ether oxygens (including phenoxy) is 1. The maximum Gasteiger partial charge on any atom is 0.159 e. The van der Waals surface area contributed by atoms with Crippen molar-refractivity contribution in [2.24, 2.45) is 0 Å². The van der Waals surface area contributed by atoms with Crippen LogP contribution in [0.1, 0.15) is 37.4 Å². The summed E-state index contributed by atoms with van der Waals surface area (Å²) in [6.07, 6.45) is 5.01. The summed E-state index contributed by atoms with van der Waals surface area (Å²) < 4.78 is 5.25. The summed E-state index contributed by atoms with van der Waals surface area (Å²) in [5.74, 6) is 3.25. The van der Waals surface area contributed by atoms with Crippen LogP contribution in [0.15, 0.2) is 48.5 Å². The first-order valence-corrected chi connectivity index (χ1v) is 9.51. The zero-order valence-electron chi connectivity index (χ0n) is 15.3. The van der Waals surface area contributed by atoms with Crippen molar-refractivity contribution in [3.63, 3.8) is 0 Å². The van der Waals surface area contributed by atoms with Crippen LogP contribution < -0.4 is 10.1 Å². The maximum atomic E-state index is 5.25. The van der Waals surface area contributed by atoms with Crippen LogP contribution in [0.25, 0.3) is 21.9 Å². The third-order valence-corrected chi connectivity index (χ3v) is 5.45. The van der Waals surface area contributed by atoms with Crippen LogP contribution in [0.2, 0.25) is 0 Å². The Kier molecular flexibility index (Phi) is 3.93. The van der Waals surface area contributed by atoms with E-state index in [1.54, 1.807) is 7.11 Å². The van der Waals surface area contributed by atoms with Crippen LogP contribution in [-0.4, -0.2) is 22.1 Å². The molecule has 5 heteroatoms. The molecule has 0 bridgehead atoms. The van der Waals surface area contributed by atoms with Gasteiger partial charge in [0.2, 0.25) is 0 Å². The summed E-state index contributed by atoms with van der Waals surface area (Å²) in [5, 5.41) is 4.56. The first kappa shape index (κ1) is 16.1. The number of hydrogen-bond acceptors (Lipinski definition) is 4. The van der Waals surface area contributed by atoms with Crippen molar-refractivity contribution in [1.82, 2.24) is 15.0 Å². The van der Waals surface area contributed by atoms with Crippen molar-refractivity contribution in [2.75, 3.05) is 12.4 Å². The van der Waals surface area contributed by atoms with Gasteiger partial charge in [-0.2, -0.15) is 0 Å². The van der Waals surface area contributed by atoms with Crippen LogP contribution in [-0.2, 0) is 0 Å². The van der Waals surface area contributed by atoms with Crippen molar-refractivity contribution >= 4 is 33.4 Å². The molecule has 1 fully saturated rings. The molecule has 136 valence electrons. The first-order chi connectivity index (χ1) is 13.3. The molecule has 1 aliphatic carbocycles. The highest BCUT2D eigenvalue weighted by Crippen LogP contribution is 2.36. The highest BCUT2D eigenvalue weighted by Gasteiger charge is 2.22. The number of nitrogens with zero attached hydrogens (tertiary/aromatic N) is 2. The largest absolute Gasteiger partial charge is 0.497 e. The number of hydrogen-bond donors (Lipinski definition) is 2. The number of nitrogens with one attached hydrogen (secondary N) is 2. The minimum atomic E-state index is 0.532. The predicted octanol–water partition coefficient (Wildman–Crippen LogP) is 5.52. The first-order valence-electron chi connectivity index (χ1n) is 9.51. The summed E-state index contributed by atoms with van der Waals surface area (Å²) in [5.41, 5.74) is 3.90. The number of imidazole rings is 1. The lowest BCUT2D eigenvalue weighted by Gasteiger charge is -2.09. The molecule has 2 aromatic carbocycles. The van der Waals surface area contributed by atoms with Gasteiger partial charge >= 0.3 is 0 Å². The molecule has 1 aliphatic rings. The normalized spacial score (nSPS) is 14.9. The molecule has 1 saturated carbocycles. The van der Waals surface area contributed by atoms with Gasteiger partial charge in [0.15, 0.2) is 5.82 Å². The number of anilines is 2. The van der Waals surface area contributed by atoms with E-state index >= 15 is 0 Å². The Morgan fingerprint density at radius 2 is 1.78 bits per heavy atom. The maximum absolute atomic E-state index is 5.25. The van der Waals surface area contributed by atoms with Gasteiger partial charge in [-0.1, -0.05) is 31.0 Å². The summed E-state index contributed by atoms with van der Waals surface area (Å²) in [4.78, 5) is 13.4. The molecule has 27 heavy (non-hydrogen) atoms. The monoisotopic (exact) mass is 358 g/mol. The smallest absolute Gasteiger partial charge is 0.159 e. The number of pyridine rings is 1. The van der Waals surface area contributed by atoms with Crippen molar-refractivity contribution in [2.45, 2.75) is 31.6 Å². The Hall–Kier alpha value is -3.08. The summed E-state index contributed by atoms with van der Waals surface area (Å²) in [7, 11) is 1.67. The van der Waals surface area contributed by atoms with Gasteiger partial charge in [-0.15, -0.1) is 0 Å². The van der Waals surface area contributed by atoms with Gasteiger partial charge in [-0.05, 0) is 43.2 Å². The number of methoxy groups -OCH3 is 1. The Morgan fingerprint density at radius 1 is 1.00 bits per heavy atom. The van der Waals surface area contributed by atoms with Crippen LogP contribution in [0, 0.1) is 0 Å². The molecule has 0 radical (unpaired) electrons. The number of H-pyrrole nitrogens is 1. The third kappa shape index (κ3) is 2.89. The van der Waals surface area contributed by atoms with Crippen molar-refractivity contribution in [3.8, 4) is 5.75 Å². The number of fused-ring (bicyclic) bond motifs is 3. The summed E-state index contributed by atoms with van der Waals surface area (Å²) in [6, 6.07) is 16.1. The van der Waals surface area contributed by atoms with Crippen LogP contribution in [0.3, 0.4) is 0 Å². The van der Waals surface area contributed by atoms with Gasteiger partial charge in [0, 0.05) is 17.0 Å². The zero-order chi connectivity index (χ0) is 18.2. The van der Waals surface area contributed by atoms with Crippen LogP contribution in [0.5, 0.6) is 5.75 Å². The molecule has 0 unspecified atom stereocenters. The average Bonchev–Trinajstić information content (AvgIpc) is 3.39. The fourth-order valence-electron chi connectivity index (χ4n) is 4.00. The highest BCUT2D eigenvalue weighted by atomic mass is 16.5. The molecule has 0 aliphatic heterocycles. The quantitative estimate of drug-likeness (QED) is 0.504. The lowest BCUT2D eigenvalue weighted by Crippen LogP contribution is -1.96. The Balaban J connectivity index is 1.64. The highest BCUT2D eigenvalue weighted by molar-refractivity contribution is 6.07. The Bertz CT molecular complexity index is 1090. The Labute approximate surface area is 157 Å². The summed E-state index contributed by atoms with van der Waals surface area (Å²) in [6.45, 7) is 0. The van der Waals surface area contributed by atoms with E-state index < -0.39 is 0 Å². The van der Waals surface area contributed by atoms with E-state index in [0.29, 0.717) is 5.92 Å². The van der Waals surface area contributed by atoms with Crippen molar-refractivity contribution in [1.29, 1.82) is 0 Å². The van der Waals surface area contributed by atoms with E-state index in [4.69, 9.17) is 14.7 Å². The van der Waals surface area contributed by atoms with E-state index in [1.165, 1.54) is 25.7 Å². The van der Waals surface area contributed by atoms with Gasteiger partial charge in [-0.25, -0.2) is 9.97 Å². The fourth-order valence-corrected chi connectivity index (χ4v) is 4.00. The molecular weight excluding hydrogens is 336 g/mol. The van der Waals surface area contributed by atoms with Crippen molar-refractivity contribution in [3.05, 3.63) is 54.4 Å². The zero-order valence-corrected chi connectivity index (χ0v) is 15.3. The van der Waals surface area contributed by atoms with E-state index in [-0.39, 0.29) is 0 Å². The lowest BCUT2D eigenvalue weighted by atomic mass is 10.1. The summed E-state index contributed by atoms with van der Waals surface area (Å²) >= 11 is 0. The molecule has 5 nitrogen and oxygen atoms in total. The average molecular weight is 358 g/mol. The van der Waals surface area contributed by atoms with Crippen LogP contribution >= 0.6 is 0 Å². The fraction of sp³-hybridized carbons (Fsp3) is 0.273. The van der Waals surface area contributed by atoms with Gasteiger partial charge < -0.3 is 15.0 Å². The molecule has 2 N–H and O–H groups in total. The number of benzene rings is 2. The molecular formula is C22H22N4O.